The number of carbonyl (C=O) groups excluding carboxylic acids is 1. The van der Waals surface area contributed by atoms with Crippen molar-refractivity contribution in [2.75, 3.05) is 40.3 Å². The first-order valence-corrected chi connectivity index (χ1v) is 9.03. The van der Waals surface area contributed by atoms with Crippen LogP contribution in [0.1, 0.15) is 30.4 Å². The first kappa shape index (κ1) is 19.2. The predicted molar refractivity (Wildman–Crippen MR) is 93.6 cm³/mol. The molecule has 26 heavy (non-hydrogen) atoms. The van der Waals surface area contributed by atoms with Gasteiger partial charge < -0.3 is 4.90 Å². The average molecular weight is 369 g/mol. The fourth-order valence-corrected chi connectivity index (χ4v) is 4.03. The van der Waals surface area contributed by atoms with Crippen LogP contribution >= 0.6 is 0 Å². The number of likely N-dealkylation sites (N-methyl/N-ethyl adjacent to an activating group) is 1. The van der Waals surface area contributed by atoms with E-state index in [9.17, 15) is 18.0 Å². The van der Waals surface area contributed by atoms with Crippen molar-refractivity contribution in [3.63, 3.8) is 0 Å². The Balaban J connectivity index is 1.69. The summed E-state index contributed by atoms with van der Waals surface area (Å²) in [5, 5.41) is 0. The Morgan fingerprint density at radius 3 is 2.38 bits per heavy atom. The molecule has 0 aliphatic carbocycles. The van der Waals surface area contributed by atoms with Crippen LogP contribution < -0.4 is 0 Å². The smallest absolute Gasteiger partial charge is 0.346 e. The van der Waals surface area contributed by atoms with Crippen LogP contribution in [-0.2, 0) is 17.5 Å². The summed E-state index contributed by atoms with van der Waals surface area (Å²) < 4.78 is 38.1. The van der Waals surface area contributed by atoms with E-state index in [-0.39, 0.29) is 11.4 Å². The van der Waals surface area contributed by atoms with Crippen molar-refractivity contribution in [1.29, 1.82) is 0 Å². The van der Waals surface area contributed by atoms with E-state index in [2.05, 4.69) is 16.8 Å². The van der Waals surface area contributed by atoms with Crippen LogP contribution in [0.4, 0.5) is 13.2 Å². The second-order valence-electron chi connectivity index (χ2n) is 7.62. The number of benzene rings is 1. The molecule has 4 nitrogen and oxygen atoms in total. The Kier molecular flexibility index (Phi) is 5.30. The van der Waals surface area contributed by atoms with Gasteiger partial charge in [0.25, 0.3) is 0 Å². The predicted octanol–water partition coefficient (Wildman–Crippen LogP) is 2.83. The van der Waals surface area contributed by atoms with Gasteiger partial charge in [0.05, 0.1) is 5.56 Å². The zero-order chi connectivity index (χ0) is 18.9. The average Bonchev–Trinajstić information content (AvgIpc) is 2.73. The van der Waals surface area contributed by atoms with Gasteiger partial charge in [0.1, 0.15) is 0 Å². The van der Waals surface area contributed by atoms with Crippen LogP contribution in [0.5, 0.6) is 0 Å². The number of hydrogen-bond acceptors (Lipinski definition) is 3. The molecule has 0 N–H and O–H groups in total. The lowest BCUT2D eigenvalue weighted by atomic mass is 9.86. The molecule has 1 atom stereocenters. The van der Waals surface area contributed by atoms with Gasteiger partial charge in [0.2, 0.25) is 5.91 Å². The molecule has 0 aromatic heterocycles. The molecule has 0 saturated carbocycles. The lowest BCUT2D eigenvalue weighted by Gasteiger charge is -2.49. The first-order chi connectivity index (χ1) is 12.2. The number of hydrogen-bond donors (Lipinski definition) is 0. The van der Waals surface area contributed by atoms with Crippen molar-refractivity contribution in [3.8, 4) is 0 Å². The van der Waals surface area contributed by atoms with Crippen LogP contribution in [0.25, 0.3) is 0 Å². The lowest BCUT2D eigenvalue weighted by molar-refractivity contribution is -0.137. The van der Waals surface area contributed by atoms with Gasteiger partial charge in [-0.05, 0) is 37.6 Å². The summed E-state index contributed by atoms with van der Waals surface area (Å²) in [5.74, 6) is 0.190. The molecule has 7 heteroatoms. The van der Waals surface area contributed by atoms with Gasteiger partial charge in [-0.15, -0.1) is 0 Å². The number of carbonyl (C=O) groups is 1. The van der Waals surface area contributed by atoms with Crippen LogP contribution in [0.2, 0.25) is 0 Å². The SMILES string of the molecule is CN1CC[C@]2(CCC1=O)CN(Cc1ccc(C(F)(F)F)cc1)CCN2C. The fourth-order valence-electron chi connectivity index (χ4n) is 4.03. The maximum atomic E-state index is 12.7. The van der Waals surface area contributed by atoms with Gasteiger partial charge in [-0.3, -0.25) is 14.6 Å². The Morgan fingerprint density at radius 1 is 1.04 bits per heavy atom. The molecular weight excluding hydrogens is 343 g/mol. The molecule has 0 unspecified atom stereocenters. The highest BCUT2D eigenvalue weighted by Crippen LogP contribution is 2.33. The minimum atomic E-state index is -4.30. The maximum Gasteiger partial charge on any atom is 0.416 e. The third kappa shape index (κ3) is 4.04. The van der Waals surface area contributed by atoms with Gasteiger partial charge in [0.15, 0.2) is 0 Å². The molecule has 1 amide bonds. The van der Waals surface area contributed by atoms with E-state index in [1.165, 1.54) is 0 Å². The number of nitrogens with zero attached hydrogens (tertiary/aromatic N) is 3. The lowest BCUT2D eigenvalue weighted by Crippen LogP contribution is -2.60. The number of likely N-dealkylation sites (tertiary alicyclic amines) is 1. The third-order valence-corrected chi connectivity index (χ3v) is 5.91. The summed E-state index contributed by atoms with van der Waals surface area (Å²) in [7, 11) is 3.97. The topological polar surface area (TPSA) is 26.8 Å². The van der Waals surface area contributed by atoms with E-state index < -0.39 is 11.7 Å². The summed E-state index contributed by atoms with van der Waals surface area (Å²) >= 11 is 0. The molecule has 0 radical (unpaired) electrons. The van der Waals surface area contributed by atoms with Crippen molar-refractivity contribution in [2.45, 2.75) is 37.5 Å². The monoisotopic (exact) mass is 369 g/mol. The van der Waals surface area contributed by atoms with Gasteiger partial charge in [-0.25, -0.2) is 0 Å². The first-order valence-electron chi connectivity index (χ1n) is 9.03. The Hall–Kier alpha value is -1.60. The van der Waals surface area contributed by atoms with Crippen LogP contribution in [0.15, 0.2) is 24.3 Å². The molecule has 1 aromatic rings. The molecule has 2 fully saturated rings. The second-order valence-corrected chi connectivity index (χ2v) is 7.62. The zero-order valence-corrected chi connectivity index (χ0v) is 15.4. The largest absolute Gasteiger partial charge is 0.416 e. The summed E-state index contributed by atoms with van der Waals surface area (Å²) in [6.45, 7) is 4.00. The summed E-state index contributed by atoms with van der Waals surface area (Å²) in [6, 6.07) is 5.44. The number of piperazine rings is 1. The van der Waals surface area contributed by atoms with Crippen molar-refractivity contribution in [1.82, 2.24) is 14.7 Å². The number of halogens is 3. The van der Waals surface area contributed by atoms with E-state index in [1.807, 2.05) is 7.05 Å². The summed E-state index contributed by atoms with van der Waals surface area (Å²) in [5.41, 5.74) is 0.242. The summed E-state index contributed by atoms with van der Waals surface area (Å²) in [6.07, 6.45) is -1.99. The molecule has 1 aromatic carbocycles. The van der Waals surface area contributed by atoms with Crippen LogP contribution in [-0.4, -0.2) is 66.4 Å². The summed E-state index contributed by atoms with van der Waals surface area (Å²) in [4.78, 5) is 18.5. The standard InChI is InChI=1S/C19H26F3N3O/c1-23-10-9-18(8-7-17(23)26)14-25(12-11-24(18)2)13-15-3-5-16(6-4-15)19(20,21)22/h3-6H,7-14H2,1-2H3/t18-/m1/s1. The minimum Gasteiger partial charge on any atom is -0.346 e. The highest BCUT2D eigenvalue weighted by atomic mass is 19.4. The molecule has 0 bridgehead atoms. The molecule has 2 heterocycles. The highest BCUT2D eigenvalue weighted by Gasteiger charge is 2.41. The molecule has 2 saturated heterocycles. The van der Waals surface area contributed by atoms with Gasteiger partial charge in [-0.1, -0.05) is 12.1 Å². The quantitative estimate of drug-likeness (QED) is 0.802. The van der Waals surface area contributed by atoms with Gasteiger partial charge in [0, 0.05) is 51.7 Å². The minimum absolute atomic E-state index is 0.0371. The molecule has 1 spiro atoms. The van der Waals surface area contributed by atoms with E-state index in [1.54, 1.807) is 17.0 Å². The van der Waals surface area contributed by atoms with Crippen LogP contribution in [0, 0.1) is 0 Å². The van der Waals surface area contributed by atoms with Crippen LogP contribution in [0.3, 0.4) is 0 Å². The number of amides is 1. The molecule has 2 aliphatic rings. The normalized spacial score (nSPS) is 26.3. The zero-order valence-electron chi connectivity index (χ0n) is 15.4. The van der Waals surface area contributed by atoms with E-state index in [4.69, 9.17) is 0 Å². The Morgan fingerprint density at radius 2 is 1.73 bits per heavy atom. The fraction of sp³-hybridized carbons (Fsp3) is 0.632. The highest BCUT2D eigenvalue weighted by molar-refractivity contribution is 5.76. The molecular formula is C19H26F3N3O. The number of alkyl halides is 3. The molecule has 3 rings (SSSR count). The van der Waals surface area contributed by atoms with E-state index in [0.717, 1.165) is 56.7 Å². The van der Waals surface area contributed by atoms with E-state index in [0.29, 0.717) is 13.0 Å². The molecule has 2 aliphatic heterocycles. The Labute approximate surface area is 152 Å². The van der Waals surface area contributed by atoms with Crippen molar-refractivity contribution in [2.24, 2.45) is 0 Å². The van der Waals surface area contributed by atoms with Crippen molar-refractivity contribution >= 4 is 5.91 Å². The Bertz CT molecular complexity index is 646. The second kappa shape index (κ2) is 7.19. The van der Waals surface area contributed by atoms with Gasteiger partial charge in [-0.2, -0.15) is 13.2 Å². The number of rotatable bonds is 2. The van der Waals surface area contributed by atoms with Crippen molar-refractivity contribution in [3.05, 3.63) is 35.4 Å². The third-order valence-electron chi connectivity index (χ3n) is 5.91. The molecule has 144 valence electrons. The maximum absolute atomic E-state index is 12.7. The van der Waals surface area contributed by atoms with Crippen molar-refractivity contribution < 1.29 is 18.0 Å². The van der Waals surface area contributed by atoms with Gasteiger partial charge >= 0.3 is 6.18 Å². The van der Waals surface area contributed by atoms with E-state index >= 15 is 0 Å².